The van der Waals surface area contributed by atoms with Gasteiger partial charge in [0, 0.05) is 6.20 Å². The van der Waals surface area contributed by atoms with Gasteiger partial charge in [-0.15, -0.1) is 0 Å². The summed E-state index contributed by atoms with van der Waals surface area (Å²) >= 11 is 1.50. The number of pyridine rings is 1. The molecule has 0 fully saturated rings. The predicted octanol–water partition coefficient (Wildman–Crippen LogP) is 2.71. The van der Waals surface area contributed by atoms with Gasteiger partial charge in [0.05, 0.1) is 17.1 Å². The Bertz CT molecular complexity index is 496. The van der Waals surface area contributed by atoms with Crippen molar-refractivity contribution in [2.24, 2.45) is 0 Å². The Kier molecular flexibility index (Phi) is 4.87. The highest BCUT2D eigenvalue weighted by Gasteiger charge is 2.32. The topological polar surface area (TPSA) is 82.3 Å². The second-order valence-corrected chi connectivity index (χ2v) is 4.03. The van der Waals surface area contributed by atoms with E-state index in [1.165, 1.54) is 29.5 Å². The molecule has 18 heavy (non-hydrogen) atoms. The van der Waals surface area contributed by atoms with Gasteiger partial charge in [-0.25, -0.2) is 18.6 Å². The maximum absolute atomic E-state index is 12.7. The van der Waals surface area contributed by atoms with Gasteiger partial charge in [-0.2, -0.15) is 0 Å². The molecule has 0 aliphatic heterocycles. The van der Waals surface area contributed by atoms with Crippen molar-refractivity contribution in [3.8, 4) is 0 Å². The average Bonchev–Trinajstić information content (AvgIpc) is 2.27. The lowest BCUT2D eigenvalue weighted by Gasteiger charge is -2.09. The van der Waals surface area contributed by atoms with Crippen LogP contribution in [0, 0.1) is 13.8 Å². The second kappa shape index (κ2) is 5.98. The highest BCUT2D eigenvalue weighted by atomic mass is 127. The van der Waals surface area contributed by atoms with E-state index in [9.17, 15) is 23.7 Å². The standard InChI is InChI=1S/C9H7F2IN2O4/c1-2-18-9(15)5-4(7(10)11)3-13-8(12)6(5)14(16)17/h3,7H,2H2,1H3. The van der Waals surface area contributed by atoms with Gasteiger partial charge in [-0.3, -0.25) is 10.1 Å². The number of carbonyl (C=O) groups is 1. The number of hydrogen-bond donors (Lipinski definition) is 0. The molecule has 0 radical (unpaired) electrons. The number of nitro groups is 1. The number of nitrogens with zero attached hydrogens (tertiary/aromatic N) is 2. The first-order chi connectivity index (χ1) is 8.40. The van der Waals surface area contributed by atoms with Gasteiger partial charge in [0.25, 0.3) is 6.43 Å². The summed E-state index contributed by atoms with van der Waals surface area (Å²) in [5, 5.41) is 10.8. The lowest BCUT2D eigenvalue weighted by Crippen LogP contribution is -2.13. The van der Waals surface area contributed by atoms with E-state index >= 15 is 0 Å². The summed E-state index contributed by atoms with van der Waals surface area (Å²) in [7, 11) is 0. The van der Waals surface area contributed by atoms with Crippen molar-refractivity contribution in [1.82, 2.24) is 4.98 Å². The summed E-state index contributed by atoms with van der Waals surface area (Å²) < 4.78 is 29.9. The molecular weight excluding hydrogens is 365 g/mol. The molecule has 0 saturated heterocycles. The number of alkyl halides is 2. The van der Waals surface area contributed by atoms with Crippen LogP contribution in [-0.4, -0.2) is 22.5 Å². The monoisotopic (exact) mass is 372 g/mol. The van der Waals surface area contributed by atoms with Crippen LogP contribution < -0.4 is 0 Å². The molecule has 6 nitrogen and oxygen atoms in total. The van der Waals surface area contributed by atoms with E-state index in [4.69, 9.17) is 0 Å². The average molecular weight is 372 g/mol. The van der Waals surface area contributed by atoms with Crippen molar-refractivity contribution in [3.05, 3.63) is 31.1 Å². The third-order valence-electron chi connectivity index (χ3n) is 1.94. The zero-order valence-corrected chi connectivity index (χ0v) is 11.2. The van der Waals surface area contributed by atoms with Gasteiger partial charge < -0.3 is 4.74 Å². The molecule has 0 spiro atoms. The lowest BCUT2D eigenvalue weighted by atomic mass is 10.1. The molecule has 0 aliphatic carbocycles. The molecule has 9 heteroatoms. The van der Waals surface area contributed by atoms with Crippen LogP contribution in [0.15, 0.2) is 6.20 Å². The lowest BCUT2D eigenvalue weighted by molar-refractivity contribution is -0.386. The highest BCUT2D eigenvalue weighted by molar-refractivity contribution is 14.1. The summed E-state index contributed by atoms with van der Waals surface area (Å²) in [6.45, 7) is 1.40. The fourth-order valence-corrected chi connectivity index (χ4v) is 1.85. The van der Waals surface area contributed by atoms with Crippen molar-refractivity contribution in [2.75, 3.05) is 6.61 Å². The second-order valence-electron chi connectivity index (χ2n) is 3.01. The van der Waals surface area contributed by atoms with Crippen molar-refractivity contribution < 1.29 is 23.2 Å². The molecule has 0 aromatic carbocycles. The molecule has 0 unspecified atom stereocenters. The minimum absolute atomic E-state index is 0.0719. The summed E-state index contributed by atoms with van der Waals surface area (Å²) in [5.74, 6) is -1.15. The summed E-state index contributed by atoms with van der Waals surface area (Å²) in [6, 6.07) is 0. The Morgan fingerprint density at radius 3 is 2.72 bits per heavy atom. The number of carbonyl (C=O) groups excluding carboxylic acids is 1. The number of hydrogen-bond acceptors (Lipinski definition) is 5. The molecule has 0 N–H and O–H groups in total. The van der Waals surface area contributed by atoms with Gasteiger partial charge in [0.2, 0.25) is 0 Å². The normalized spacial score (nSPS) is 10.5. The first-order valence-corrected chi connectivity index (χ1v) is 5.76. The Labute approximate surface area is 114 Å². The highest BCUT2D eigenvalue weighted by Crippen LogP contribution is 2.32. The molecule has 0 bridgehead atoms. The predicted molar refractivity (Wildman–Crippen MR) is 64.5 cm³/mol. The first kappa shape index (κ1) is 14.7. The largest absolute Gasteiger partial charge is 0.462 e. The van der Waals surface area contributed by atoms with E-state index in [-0.39, 0.29) is 10.3 Å². The smallest absolute Gasteiger partial charge is 0.345 e. The molecule has 98 valence electrons. The molecule has 0 atom stereocenters. The number of halogens is 3. The van der Waals surface area contributed by atoms with E-state index in [0.29, 0.717) is 0 Å². The Morgan fingerprint density at radius 2 is 2.28 bits per heavy atom. The Morgan fingerprint density at radius 1 is 1.67 bits per heavy atom. The maximum atomic E-state index is 12.7. The minimum Gasteiger partial charge on any atom is -0.462 e. The molecular formula is C9H7F2IN2O4. The maximum Gasteiger partial charge on any atom is 0.345 e. The zero-order chi connectivity index (χ0) is 13.9. The molecule has 0 aliphatic rings. The molecule has 1 heterocycles. The van der Waals surface area contributed by atoms with Crippen LogP contribution in [0.2, 0.25) is 0 Å². The van der Waals surface area contributed by atoms with Gasteiger partial charge >= 0.3 is 11.7 Å². The van der Waals surface area contributed by atoms with E-state index < -0.39 is 34.1 Å². The van der Waals surface area contributed by atoms with Gasteiger partial charge in [-0.1, -0.05) is 0 Å². The van der Waals surface area contributed by atoms with Crippen LogP contribution in [0.1, 0.15) is 29.3 Å². The van der Waals surface area contributed by atoms with Crippen molar-refractivity contribution >= 4 is 34.2 Å². The van der Waals surface area contributed by atoms with E-state index in [0.717, 1.165) is 6.20 Å². The zero-order valence-electron chi connectivity index (χ0n) is 9.02. The molecule has 0 amide bonds. The first-order valence-electron chi connectivity index (χ1n) is 4.68. The molecule has 1 rings (SSSR count). The quantitative estimate of drug-likeness (QED) is 0.267. The number of aromatic nitrogens is 1. The van der Waals surface area contributed by atoms with E-state index in [1.54, 1.807) is 0 Å². The third kappa shape index (κ3) is 2.89. The van der Waals surface area contributed by atoms with Crippen LogP contribution in [0.5, 0.6) is 0 Å². The van der Waals surface area contributed by atoms with E-state index in [1.807, 2.05) is 0 Å². The SMILES string of the molecule is CCOC(=O)c1c(C(F)F)cnc(I)c1[N+](=O)[O-]. The van der Waals surface area contributed by atoms with Gasteiger partial charge in [0.15, 0.2) is 9.26 Å². The number of esters is 1. The molecule has 0 saturated carbocycles. The van der Waals surface area contributed by atoms with Gasteiger partial charge in [-0.05, 0) is 29.5 Å². The van der Waals surface area contributed by atoms with Gasteiger partial charge in [0.1, 0.15) is 0 Å². The Hall–Kier alpha value is -1.39. The molecule has 1 aromatic rings. The van der Waals surface area contributed by atoms with Crippen molar-refractivity contribution in [3.63, 3.8) is 0 Å². The van der Waals surface area contributed by atoms with Crippen molar-refractivity contribution in [1.29, 1.82) is 0 Å². The number of rotatable bonds is 4. The minimum atomic E-state index is -3.05. The van der Waals surface area contributed by atoms with Crippen LogP contribution in [0.25, 0.3) is 0 Å². The number of ether oxygens (including phenoxy) is 1. The van der Waals surface area contributed by atoms with Crippen LogP contribution in [-0.2, 0) is 4.74 Å². The van der Waals surface area contributed by atoms with Crippen molar-refractivity contribution in [2.45, 2.75) is 13.3 Å². The summed E-state index contributed by atoms with van der Waals surface area (Å²) in [5.41, 5.74) is -2.30. The van der Waals surface area contributed by atoms with Crippen LogP contribution >= 0.6 is 22.6 Å². The fourth-order valence-electron chi connectivity index (χ4n) is 1.24. The van der Waals surface area contributed by atoms with Crippen LogP contribution in [0.4, 0.5) is 14.5 Å². The summed E-state index contributed by atoms with van der Waals surface area (Å²) in [4.78, 5) is 24.9. The molecule has 1 aromatic heterocycles. The third-order valence-corrected chi connectivity index (χ3v) is 2.72. The fraction of sp³-hybridized carbons (Fsp3) is 0.333. The van der Waals surface area contributed by atoms with E-state index in [2.05, 4.69) is 9.72 Å². The summed E-state index contributed by atoms with van der Waals surface area (Å²) in [6.07, 6.45) is -2.31. The van der Waals surface area contributed by atoms with Crippen LogP contribution in [0.3, 0.4) is 0 Å². The Balaban J connectivity index is 3.53.